The third-order valence-electron chi connectivity index (χ3n) is 7.05. The van der Waals surface area contributed by atoms with Crippen LogP contribution in [0.25, 0.3) is 21.8 Å². The van der Waals surface area contributed by atoms with Crippen LogP contribution in [-0.2, 0) is 32.1 Å². The largest absolute Gasteiger partial charge is 0.468 e. The minimum atomic E-state index is -0.649. The Kier molecular flexibility index (Phi) is 10.2. The molecule has 3 aromatic carbocycles. The van der Waals surface area contributed by atoms with Crippen LogP contribution in [0, 0.1) is 0 Å². The SMILES string of the molecule is CCCCn1c(C(Cc2cccc3ccccc23)NC(=O)CCC(=O)NO)nc2cc(C(=O)NCC(=O)OC)ccc21. The van der Waals surface area contributed by atoms with Crippen molar-refractivity contribution in [3.63, 3.8) is 0 Å². The van der Waals surface area contributed by atoms with Crippen LogP contribution in [0.2, 0.25) is 0 Å². The number of esters is 1. The fourth-order valence-electron chi connectivity index (χ4n) is 4.88. The molecule has 0 aliphatic heterocycles. The summed E-state index contributed by atoms with van der Waals surface area (Å²) in [5.74, 6) is -1.38. The zero-order chi connectivity index (χ0) is 30.1. The predicted molar refractivity (Wildman–Crippen MR) is 157 cm³/mol. The highest BCUT2D eigenvalue weighted by atomic mass is 16.5. The highest BCUT2D eigenvalue weighted by molar-refractivity contribution is 5.98. The zero-order valence-corrected chi connectivity index (χ0v) is 23.7. The van der Waals surface area contributed by atoms with Gasteiger partial charge < -0.3 is 19.9 Å². The molecule has 42 heavy (non-hydrogen) atoms. The molecule has 4 aromatic rings. The summed E-state index contributed by atoms with van der Waals surface area (Å²) < 4.78 is 6.66. The van der Waals surface area contributed by atoms with E-state index in [0.717, 1.165) is 34.7 Å². The average Bonchev–Trinajstić information content (AvgIpc) is 3.38. The Balaban J connectivity index is 1.74. The third-order valence-corrected chi connectivity index (χ3v) is 7.05. The second-order valence-electron chi connectivity index (χ2n) is 9.93. The molecule has 0 spiro atoms. The molecule has 1 unspecified atom stereocenters. The van der Waals surface area contributed by atoms with E-state index in [0.29, 0.717) is 29.9 Å². The number of carbonyl (C=O) groups excluding carboxylic acids is 4. The molecule has 11 heteroatoms. The fourth-order valence-corrected chi connectivity index (χ4v) is 4.88. The van der Waals surface area contributed by atoms with Gasteiger partial charge in [-0.05, 0) is 41.0 Å². The molecule has 4 N–H and O–H groups in total. The molecule has 11 nitrogen and oxygen atoms in total. The summed E-state index contributed by atoms with van der Waals surface area (Å²) in [6.07, 6.45) is 1.95. The first-order chi connectivity index (χ1) is 20.3. The number of aryl methyl sites for hydroxylation is 1. The number of hydroxylamine groups is 1. The van der Waals surface area contributed by atoms with E-state index in [4.69, 9.17) is 10.2 Å². The number of imidazole rings is 1. The van der Waals surface area contributed by atoms with Crippen molar-refractivity contribution in [3.05, 3.63) is 77.6 Å². The van der Waals surface area contributed by atoms with Crippen molar-refractivity contribution in [2.45, 2.75) is 51.6 Å². The molecule has 1 heterocycles. The summed E-state index contributed by atoms with van der Waals surface area (Å²) in [5.41, 5.74) is 4.29. The van der Waals surface area contributed by atoms with Gasteiger partial charge in [-0.25, -0.2) is 10.5 Å². The van der Waals surface area contributed by atoms with Crippen LogP contribution in [0.1, 0.15) is 60.4 Å². The van der Waals surface area contributed by atoms with Gasteiger partial charge in [0.15, 0.2) is 0 Å². The molecule has 0 aliphatic rings. The van der Waals surface area contributed by atoms with Crippen LogP contribution in [0.4, 0.5) is 0 Å². The molecule has 0 fully saturated rings. The highest BCUT2D eigenvalue weighted by Gasteiger charge is 2.24. The number of nitrogens with zero attached hydrogens (tertiary/aromatic N) is 2. The van der Waals surface area contributed by atoms with Gasteiger partial charge in [0.2, 0.25) is 11.8 Å². The Bertz CT molecular complexity index is 1590. The minimum Gasteiger partial charge on any atom is -0.468 e. The lowest BCUT2D eigenvalue weighted by molar-refractivity contribution is -0.139. The number of amides is 3. The number of benzene rings is 3. The maximum atomic E-state index is 13.0. The van der Waals surface area contributed by atoms with E-state index in [1.165, 1.54) is 7.11 Å². The number of hydrogen-bond acceptors (Lipinski definition) is 7. The summed E-state index contributed by atoms with van der Waals surface area (Å²) in [6, 6.07) is 18.6. The van der Waals surface area contributed by atoms with Crippen molar-refractivity contribution in [3.8, 4) is 0 Å². The molecule has 0 aliphatic carbocycles. The van der Waals surface area contributed by atoms with Crippen LogP contribution in [-0.4, -0.2) is 52.1 Å². The van der Waals surface area contributed by atoms with Crippen LogP contribution >= 0.6 is 0 Å². The Hall–Kier alpha value is -4.77. The summed E-state index contributed by atoms with van der Waals surface area (Å²) in [4.78, 5) is 53.7. The van der Waals surface area contributed by atoms with Crippen LogP contribution in [0.15, 0.2) is 60.7 Å². The number of ether oxygens (including phenoxy) is 1. The van der Waals surface area contributed by atoms with Gasteiger partial charge in [-0.2, -0.15) is 0 Å². The molecular formula is C31H35N5O6. The van der Waals surface area contributed by atoms with Crippen LogP contribution in [0.3, 0.4) is 0 Å². The predicted octanol–water partition coefficient (Wildman–Crippen LogP) is 3.58. The Morgan fingerprint density at radius 3 is 2.52 bits per heavy atom. The summed E-state index contributed by atoms with van der Waals surface area (Å²) in [6.45, 7) is 2.48. The van der Waals surface area contributed by atoms with E-state index in [1.54, 1.807) is 17.6 Å². The van der Waals surface area contributed by atoms with Gasteiger partial charge in [-0.3, -0.25) is 24.4 Å². The molecule has 0 saturated heterocycles. The zero-order valence-electron chi connectivity index (χ0n) is 23.7. The second kappa shape index (κ2) is 14.2. The standard InChI is InChI=1S/C31H35N5O6/c1-3-4-16-36-26-13-12-22(31(40)32-19-29(39)42-2)18-24(26)34-30(36)25(33-27(37)14-15-28(38)35-41)17-21-10-7-9-20-8-5-6-11-23(20)21/h5-13,18,25,41H,3-4,14-17,19H2,1-2H3,(H,32,40)(H,33,37)(H,35,38). The Morgan fingerprint density at radius 2 is 1.76 bits per heavy atom. The molecule has 0 saturated carbocycles. The number of hydrogen-bond donors (Lipinski definition) is 4. The van der Waals surface area contributed by atoms with Crippen molar-refractivity contribution < 1.29 is 29.1 Å². The monoisotopic (exact) mass is 573 g/mol. The number of unbranched alkanes of at least 4 members (excludes halogenated alkanes) is 1. The van der Waals surface area contributed by atoms with Gasteiger partial charge in [0.25, 0.3) is 5.91 Å². The van der Waals surface area contributed by atoms with Crippen LogP contribution < -0.4 is 16.1 Å². The molecule has 1 atom stereocenters. The molecule has 1 aromatic heterocycles. The van der Waals surface area contributed by atoms with E-state index < -0.39 is 23.8 Å². The van der Waals surface area contributed by atoms with Crippen molar-refractivity contribution in [1.29, 1.82) is 0 Å². The van der Waals surface area contributed by atoms with E-state index in [1.807, 2.05) is 48.5 Å². The van der Waals surface area contributed by atoms with E-state index >= 15 is 0 Å². The number of methoxy groups -OCH3 is 1. The van der Waals surface area contributed by atoms with Gasteiger partial charge in [-0.15, -0.1) is 0 Å². The van der Waals surface area contributed by atoms with Crippen molar-refractivity contribution in [2.24, 2.45) is 0 Å². The normalized spacial score (nSPS) is 11.7. The molecule has 0 radical (unpaired) electrons. The fraction of sp³-hybridized carbons (Fsp3) is 0.323. The number of fused-ring (bicyclic) bond motifs is 2. The quantitative estimate of drug-likeness (QED) is 0.108. The van der Waals surface area contributed by atoms with Crippen molar-refractivity contribution in [1.82, 2.24) is 25.7 Å². The summed E-state index contributed by atoms with van der Waals surface area (Å²) in [7, 11) is 1.25. The lowest BCUT2D eigenvalue weighted by atomic mass is 9.98. The van der Waals surface area contributed by atoms with E-state index in [-0.39, 0.29) is 25.3 Å². The first-order valence-corrected chi connectivity index (χ1v) is 13.9. The summed E-state index contributed by atoms with van der Waals surface area (Å²) in [5, 5.41) is 16.6. The molecule has 0 bridgehead atoms. The summed E-state index contributed by atoms with van der Waals surface area (Å²) >= 11 is 0. The maximum absolute atomic E-state index is 13.0. The lowest BCUT2D eigenvalue weighted by Crippen LogP contribution is -2.33. The number of aromatic nitrogens is 2. The van der Waals surface area contributed by atoms with Gasteiger partial charge in [0, 0.05) is 31.4 Å². The first kappa shape index (κ1) is 30.2. The lowest BCUT2D eigenvalue weighted by Gasteiger charge is -2.21. The van der Waals surface area contributed by atoms with E-state index in [9.17, 15) is 19.2 Å². The van der Waals surface area contributed by atoms with Crippen LogP contribution in [0.5, 0.6) is 0 Å². The molecular weight excluding hydrogens is 538 g/mol. The molecule has 220 valence electrons. The molecule has 4 rings (SSSR count). The highest BCUT2D eigenvalue weighted by Crippen LogP contribution is 2.28. The van der Waals surface area contributed by atoms with Gasteiger partial charge in [0.1, 0.15) is 12.4 Å². The van der Waals surface area contributed by atoms with Crippen molar-refractivity contribution in [2.75, 3.05) is 13.7 Å². The smallest absolute Gasteiger partial charge is 0.325 e. The minimum absolute atomic E-state index is 0.113. The Labute approximate surface area is 243 Å². The topological polar surface area (TPSA) is 152 Å². The number of rotatable bonds is 13. The maximum Gasteiger partial charge on any atom is 0.325 e. The third kappa shape index (κ3) is 7.29. The van der Waals surface area contributed by atoms with E-state index in [2.05, 4.69) is 26.9 Å². The van der Waals surface area contributed by atoms with Gasteiger partial charge >= 0.3 is 5.97 Å². The second-order valence-corrected chi connectivity index (χ2v) is 9.93. The number of carbonyl (C=O) groups is 4. The van der Waals surface area contributed by atoms with Gasteiger partial charge in [-0.1, -0.05) is 55.8 Å². The Morgan fingerprint density at radius 1 is 1.00 bits per heavy atom. The first-order valence-electron chi connectivity index (χ1n) is 13.9. The van der Waals surface area contributed by atoms with Gasteiger partial charge in [0.05, 0.1) is 24.2 Å². The molecule has 3 amide bonds. The van der Waals surface area contributed by atoms with Crippen molar-refractivity contribution >= 4 is 45.5 Å². The number of nitrogens with one attached hydrogen (secondary N) is 3. The average molecular weight is 574 g/mol.